The molecule has 1 aromatic carbocycles. The van der Waals surface area contributed by atoms with Crippen molar-refractivity contribution < 1.29 is 4.74 Å². The second kappa shape index (κ2) is 8.36. The molecule has 0 aliphatic rings. The smallest absolute Gasteiger partial charge is 0.222 e. The summed E-state index contributed by atoms with van der Waals surface area (Å²) in [5.41, 5.74) is 4.89. The minimum Gasteiger partial charge on any atom is -0.377 e. The van der Waals surface area contributed by atoms with Gasteiger partial charge in [0.25, 0.3) is 0 Å². The maximum Gasteiger partial charge on any atom is 0.222 e. The van der Waals surface area contributed by atoms with Gasteiger partial charge < -0.3 is 10.1 Å². The number of imidazole rings is 1. The number of nitrogens with zero attached hydrogens (tertiary/aromatic N) is 5. The quantitative estimate of drug-likeness (QED) is 0.482. The molecule has 4 rings (SSSR count). The van der Waals surface area contributed by atoms with Crippen LogP contribution in [0.2, 0.25) is 0 Å². The van der Waals surface area contributed by atoms with Gasteiger partial charge in [0, 0.05) is 30.8 Å². The molecule has 0 amide bonds. The highest BCUT2D eigenvalue weighted by molar-refractivity contribution is 5.82. The van der Waals surface area contributed by atoms with Gasteiger partial charge in [0.05, 0.1) is 35.5 Å². The molecule has 0 spiro atoms. The number of pyridine rings is 1. The van der Waals surface area contributed by atoms with E-state index in [4.69, 9.17) is 9.72 Å². The molecule has 148 valence electrons. The van der Waals surface area contributed by atoms with Crippen LogP contribution in [0.5, 0.6) is 0 Å². The Hall–Kier alpha value is -3.32. The zero-order valence-corrected chi connectivity index (χ0v) is 16.8. The van der Waals surface area contributed by atoms with Crippen LogP contribution in [0.25, 0.3) is 28.1 Å². The predicted molar refractivity (Wildman–Crippen MR) is 114 cm³/mol. The maximum atomic E-state index is 5.53. The molecular weight excluding hydrogens is 364 g/mol. The van der Waals surface area contributed by atoms with Crippen LogP contribution in [-0.2, 0) is 4.74 Å². The Morgan fingerprint density at radius 1 is 1.03 bits per heavy atom. The van der Waals surface area contributed by atoms with Gasteiger partial charge in [-0.15, -0.1) is 0 Å². The normalized spacial score (nSPS) is 11.3. The van der Waals surface area contributed by atoms with Gasteiger partial charge >= 0.3 is 0 Å². The largest absolute Gasteiger partial charge is 0.377 e. The second-order valence-corrected chi connectivity index (χ2v) is 7.11. The van der Waals surface area contributed by atoms with E-state index in [0.29, 0.717) is 19.1 Å². The molecule has 0 fully saturated rings. The van der Waals surface area contributed by atoms with E-state index in [0.717, 1.165) is 28.1 Å². The van der Waals surface area contributed by atoms with E-state index >= 15 is 0 Å². The zero-order chi connectivity index (χ0) is 20.2. The van der Waals surface area contributed by atoms with Crippen molar-refractivity contribution in [2.24, 2.45) is 0 Å². The van der Waals surface area contributed by atoms with Gasteiger partial charge in [-0.3, -0.25) is 9.55 Å². The van der Waals surface area contributed by atoms with Crippen molar-refractivity contribution in [1.29, 1.82) is 0 Å². The number of hydrogen-bond acceptors (Lipinski definition) is 6. The van der Waals surface area contributed by atoms with Crippen molar-refractivity contribution >= 4 is 17.0 Å². The van der Waals surface area contributed by atoms with Crippen molar-refractivity contribution in [1.82, 2.24) is 24.5 Å². The maximum absolute atomic E-state index is 5.53. The predicted octanol–water partition coefficient (Wildman–Crippen LogP) is 4.02. The first-order valence-corrected chi connectivity index (χ1v) is 9.69. The van der Waals surface area contributed by atoms with Crippen LogP contribution >= 0.6 is 0 Å². The van der Waals surface area contributed by atoms with E-state index in [1.54, 1.807) is 18.6 Å². The summed E-state index contributed by atoms with van der Waals surface area (Å²) in [6.07, 6.45) is 7.37. The van der Waals surface area contributed by atoms with Gasteiger partial charge in [-0.05, 0) is 39.0 Å². The van der Waals surface area contributed by atoms with Crippen LogP contribution in [-0.4, -0.2) is 43.8 Å². The molecular formula is C22H24N6O. The lowest BCUT2D eigenvalue weighted by Crippen LogP contribution is -2.14. The lowest BCUT2D eigenvalue weighted by atomic mass is 10.2. The fourth-order valence-electron chi connectivity index (χ4n) is 3.06. The Morgan fingerprint density at radius 3 is 2.52 bits per heavy atom. The average Bonchev–Trinajstić information content (AvgIpc) is 3.12. The highest BCUT2D eigenvalue weighted by Gasteiger charge is 2.15. The topological polar surface area (TPSA) is 77.8 Å². The molecule has 3 aromatic heterocycles. The monoisotopic (exact) mass is 388 g/mol. The lowest BCUT2D eigenvalue weighted by molar-refractivity contribution is 0.0870. The number of ether oxygens (including phenoxy) is 1. The van der Waals surface area contributed by atoms with E-state index in [2.05, 4.69) is 56.0 Å². The van der Waals surface area contributed by atoms with Gasteiger partial charge in [-0.2, -0.15) is 0 Å². The fourth-order valence-corrected chi connectivity index (χ4v) is 3.06. The highest BCUT2D eigenvalue weighted by atomic mass is 16.5. The summed E-state index contributed by atoms with van der Waals surface area (Å²) in [7, 11) is 0. The number of hydrogen-bond donors (Lipinski definition) is 1. The molecule has 0 bridgehead atoms. The van der Waals surface area contributed by atoms with E-state index in [1.165, 1.54) is 5.56 Å². The number of benzene rings is 1. The summed E-state index contributed by atoms with van der Waals surface area (Å²) in [6.45, 7) is 7.37. The Kier molecular flexibility index (Phi) is 5.48. The van der Waals surface area contributed by atoms with Crippen LogP contribution < -0.4 is 5.32 Å². The molecule has 0 aliphatic carbocycles. The van der Waals surface area contributed by atoms with E-state index in [9.17, 15) is 0 Å². The van der Waals surface area contributed by atoms with Crippen LogP contribution in [0.15, 0.2) is 55.1 Å². The number of aryl methyl sites for hydroxylation is 1. The Balaban J connectivity index is 1.65. The van der Waals surface area contributed by atoms with Crippen LogP contribution in [0.4, 0.5) is 5.95 Å². The van der Waals surface area contributed by atoms with Crippen molar-refractivity contribution in [2.75, 3.05) is 18.5 Å². The third-order valence-corrected chi connectivity index (χ3v) is 4.50. The van der Waals surface area contributed by atoms with Crippen molar-refractivity contribution in [3.63, 3.8) is 0 Å². The molecule has 3 heterocycles. The van der Waals surface area contributed by atoms with Gasteiger partial charge in [0.1, 0.15) is 5.82 Å². The third kappa shape index (κ3) is 4.25. The number of fused-ring (bicyclic) bond motifs is 1. The second-order valence-electron chi connectivity index (χ2n) is 7.11. The Morgan fingerprint density at radius 2 is 1.79 bits per heavy atom. The first-order valence-electron chi connectivity index (χ1n) is 9.69. The minimum absolute atomic E-state index is 0.212. The third-order valence-electron chi connectivity index (χ3n) is 4.50. The highest BCUT2D eigenvalue weighted by Crippen LogP contribution is 2.27. The van der Waals surface area contributed by atoms with Crippen molar-refractivity contribution in [3.05, 3.63) is 60.7 Å². The molecule has 0 saturated carbocycles. The average molecular weight is 388 g/mol. The fraction of sp³-hybridized carbons (Fsp3) is 0.273. The molecule has 1 N–H and O–H groups in total. The molecule has 4 aromatic rings. The standard InChI is InChI=1S/C22H24N6O/c1-15(2)29-11-10-24-22-25-12-17(13-26-22)21-27-19-8-9-23-14-20(19)28(21)18-6-4-16(3)5-7-18/h4-9,12-15H,10-11H2,1-3H3,(H,24,25,26). The molecule has 0 unspecified atom stereocenters. The van der Waals surface area contributed by atoms with Gasteiger partial charge in [0.15, 0.2) is 0 Å². The summed E-state index contributed by atoms with van der Waals surface area (Å²) < 4.78 is 7.61. The molecule has 29 heavy (non-hydrogen) atoms. The SMILES string of the molecule is Cc1ccc(-n2c(-c3cnc(NCCOC(C)C)nc3)nc3ccncc32)cc1. The summed E-state index contributed by atoms with van der Waals surface area (Å²) >= 11 is 0. The first kappa shape index (κ1) is 19.0. The summed E-state index contributed by atoms with van der Waals surface area (Å²) in [5, 5.41) is 3.17. The van der Waals surface area contributed by atoms with E-state index < -0.39 is 0 Å². The zero-order valence-electron chi connectivity index (χ0n) is 16.8. The van der Waals surface area contributed by atoms with Gasteiger partial charge in [0.2, 0.25) is 5.95 Å². The van der Waals surface area contributed by atoms with E-state index in [-0.39, 0.29) is 6.10 Å². The van der Waals surface area contributed by atoms with Crippen molar-refractivity contribution in [3.8, 4) is 17.1 Å². The van der Waals surface area contributed by atoms with Crippen LogP contribution in [0, 0.1) is 6.92 Å². The van der Waals surface area contributed by atoms with Crippen molar-refractivity contribution in [2.45, 2.75) is 26.9 Å². The molecule has 0 atom stereocenters. The van der Waals surface area contributed by atoms with E-state index in [1.807, 2.05) is 26.1 Å². The molecule has 0 saturated heterocycles. The Bertz CT molecular complexity index is 1090. The van der Waals surface area contributed by atoms with Gasteiger partial charge in [-0.1, -0.05) is 17.7 Å². The van der Waals surface area contributed by atoms with Gasteiger partial charge in [-0.25, -0.2) is 15.0 Å². The number of nitrogens with one attached hydrogen (secondary N) is 1. The summed E-state index contributed by atoms with van der Waals surface area (Å²) in [6, 6.07) is 10.3. The van der Waals surface area contributed by atoms with Crippen LogP contribution in [0.1, 0.15) is 19.4 Å². The minimum atomic E-state index is 0.212. The molecule has 7 heteroatoms. The molecule has 7 nitrogen and oxygen atoms in total. The molecule has 0 radical (unpaired) electrons. The Labute approximate surface area is 169 Å². The molecule has 0 aliphatic heterocycles. The first-order chi connectivity index (χ1) is 14.1. The lowest BCUT2D eigenvalue weighted by Gasteiger charge is -2.10. The number of rotatable bonds is 7. The summed E-state index contributed by atoms with van der Waals surface area (Å²) in [5.74, 6) is 1.35. The number of anilines is 1. The van der Waals surface area contributed by atoms with Crippen LogP contribution in [0.3, 0.4) is 0 Å². The number of aromatic nitrogens is 5. The summed E-state index contributed by atoms with van der Waals surface area (Å²) in [4.78, 5) is 18.0.